The fourth-order valence-electron chi connectivity index (χ4n) is 4.60. The molecule has 2 unspecified atom stereocenters. The van der Waals surface area contributed by atoms with E-state index in [2.05, 4.69) is 27.8 Å². The number of fused-ring (bicyclic) bond motifs is 1. The Bertz CT molecular complexity index is 1340. The van der Waals surface area contributed by atoms with Crippen molar-refractivity contribution in [1.82, 2.24) is 10.6 Å². The number of rotatable bonds is 8. The van der Waals surface area contributed by atoms with Gasteiger partial charge in [-0.05, 0) is 87.5 Å². The van der Waals surface area contributed by atoms with Crippen LogP contribution in [-0.2, 0) is 9.59 Å². The lowest BCUT2D eigenvalue weighted by atomic mass is 9.89. The predicted molar refractivity (Wildman–Crippen MR) is 160 cm³/mol. The number of carbonyl (C=O) groups is 3. The first kappa shape index (κ1) is 29.9. The number of para-hydroxylation sites is 1. The van der Waals surface area contributed by atoms with Crippen LogP contribution in [0.2, 0.25) is 5.02 Å². The molecule has 206 valence electrons. The molecule has 0 aliphatic carbocycles. The molecule has 4 rings (SSSR count). The monoisotopic (exact) mass is 548 g/mol. The van der Waals surface area contributed by atoms with E-state index < -0.39 is 6.04 Å². The topological polar surface area (TPSA) is 99.3 Å². The molecule has 0 spiro atoms. The molecule has 0 radical (unpaired) electrons. The molecule has 3 aromatic rings. The SMILES string of the molecule is C=C(Nc1cc2ccccc2cc1C(=O)NC(C(C)=O)C1CCCNC1)Nc1c(C)cccc1Cl.CC(C)=O. The van der Waals surface area contributed by atoms with Crippen LogP contribution in [0.3, 0.4) is 0 Å². The minimum absolute atomic E-state index is 0.0392. The average Bonchev–Trinajstić information content (AvgIpc) is 2.89. The Morgan fingerprint density at radius 2 is 1.67 bits per heavy atom. The highest BCUT2D eigenvalue weighted by Crippen LogP contribution is 2.29. The van der Waals surface area contributed by atoms with Gasteiger partial charge in [-0.1, -0.05) is 54.6 Å². The zero-order valence-electron chi connectivity index (χ0n) is 23.0. The van der Waals surface area contributed by atoms with Crippen LogP contribution >= 0.6 is 11.6 Å². The highest BCUT2D eigenvalue weighted by molar-refractivity contribution is 6.33. The van der Waals surface area contributed by atoms with Gasteiger partial charge in [-0.3, -0.25) is 9.59 Å². The molecule has 2 atom stereocenters. The number of hydrogen-bond donors (Lipinski definition) is 4. The van der Waals surface area contributed by atoms with Crippen molar-refractivity contribution in [3.8, 4) is 0 Å². The fourth-order valence-corrected chi connectivity index (χ4v) is 4.87. The van der Waals surface area contributed by atoms with Crippen molar-refractivity contribution in [2.24, 2.45) is 5.92 Å². The van der Waals surface area contributed by atoms with Gasteiger partial charge in [0.05, 0.1) is 28.0 Å². The Kier molecular flexibility index (Phi) is 10.7. The van der Waals surface area contributed by atoms with E-state index in [0.29, 0.717) is 28.6 Å². The van der Waals surface area contributed by atoms with Gasteiger partial charge in [0, 0.05) is 6.54 Å². The molecule has 3 aromatic carbocycles. The second-order valence-electron chi connectivity index (χ2n) is 9.98. The summed E-state index contributed by atoms with van der Waals surface area (Å²) in [6, 6.07) is 16.7. The molecular weight excluding hydrogens is 512 g/mol. The summed E-state index contributed by atoms with van der Waals surface area (Å²) in [6.45, 7) is 12.3. The lowest BCUT2D eigenvalue weighted by Gasteiger charge is -2.30. The van der Waals surface area contributed by atoms with Gasteiger partial charge in [-0.2, -0.15) is 0 Å². The van der Waals surface area contributed by atoms with Gasteiger partial charge >= 0.3 is 0 Å². The molecule has 0 bridgehead atoms. The summed E-state index contributed by atoms with van der Waals surface area (Å²) in [7, 11) is 0. The molecule has 1 aliphatic heterocycles. The second-order valence-corrected chi connectivity index (χ2v) is 10.4. The maximum Gasteiger partial charge on any atom is 0.254 e. The van der Waals surface area contributed by atoms with E-state index in [1.165, 1.54) is 20.8 Å². The third-order valence-corrected chi connectivity index (χ3v) is 6.76. The molecule has 1 aliphatic rings. The zero-order chi connectivity index (χ0) is 28.5. The minimum atomic E-state index is -0.540. The summed E-state index contributed by atoms with van der Waals surface area (Å²) in [5, 5.41) is 15.3. The normalized spacial score (nSPS) is 15.4. The van der Waals surface area contributed by atoms with Crippen LogP contribution in [0.25, 0.3) is 10.8 Å². The van der Waals surface area contributed by atoms with Gasteiger partial charge in [0.1, 0.15) is 11.6 Å². The molecule has 1 saturated heterocycles. The Hall–Kier alpha value is -3.68. The standard InChI is InChI=1S/C28H31ClN4O2.C3H6O/c1-17-8-6-12-24(29)26(17)32-19(3)31-25-15-21-10-5-4-9-20(21)14-23(25)28(35)33-27(18(2)34)22-11-7-13-30-16-22;1-3(2)4/h4-6,8-10,12,14-15,22,27,30-32H,3,7,11,13,16H2,1-2H3,(H,33,35);1-2H3. The Balaban J connectivity index is 0.000000983. The van der Waals surface area contributed by atoms with Gasteiger partial charge in [-0.25, -0.2) is 0 Å². The van der Waals surface area contributed by atoms with E-state index in [4.69, 9.17) is 11.6 Å². The number of hydrogen-bond acceptors (Lipinski definition) is 6. The van der Waals surface area contributed by atoms with Gasteiger partial charge < -0.3 is 26.1 Å². The average molecular weight is 549 g/mol. The smallest absolute Gasteiger partial charge is 0.254 e. The second kappa shape index (κ2) is 13.9. The number of carbonyl (C=O) groups excluding carboxylic acids is 3. The zero-order valence-corrected chi connectivity index (χ0v) is 23.7. The van der Waals surface area contributed by atoms with Crippen LogP contribution < -0.4 is 21.3 Å². The number of Topliss-reactive ketones (excluding diaryl/α,β-unsaturated/α-hetero) is 2. The Labute approximate surface area is 235 Å². The summed E-state index contributed by atoms with van der Waals surface area (Å²) in [5.41, 5.74) is 2.76. The van der Waals surface area contributed by atoms with Crippen molar-refractivity contribution in [3.05, 3.63) is 83.1 Å². The van der Waals surface area contributed by atoms with Crippen LogP contribution in [-0.4, -0.2) is 36.6 Å². The van der Waals surface area contributed by atoms with Gasteiger partial charge in [0.25, 0.3) is 5.91 Å². The molecule has 0 aromatic heterocycles. The molecule has 1 fully saturated rings. The maximum atomic E-state index is 13.5. The summed E-state index contributed by atoms with van der Waals surface area (Å²) < 4.78 is 0. The number of nitrogens with one attached hydrogen (secondary N) is 4. The molecule has 0 saturated carbocycles. The molecule has 1 amide bonds. The van der Waals surface area contributed by atoms with Gasteiger partial charge in [-0.15, -0.1) is 0 Å². The number of piperidine rings is 1. The number of amides is 1. The summed E-state index contributed by atoms with van der Waals surface area (Å²) in [4.78, 5) is 35.4. The number of aryl methyl sites for hydroxylation is 1. The third kappa shape index (κ3) is 8.40. The van der Waals surface area contributed by atoms with Crippen molar-refractivity contribution in [1.29, 1.82) is 0 Å². The van der Waals surface area contributed by atoms with Crippen LogP contribution in [0, 0.1) is 12.8 Å². The van der Waals surface area contributed by atoms with Crippen LogP contribution in [0.15, 0.2) is 67.0 Å². The fraction of sp³-hybridized carbons (Fsp3) is 0.323. The van der Waals surface area contributed by atoms with E-state index in [1.807, 2.05) is 55.5 Å². The molecule has 8 heteroatoms. The first-order chi connectivity index (χ1) is 18.6. The molecule has 1 heterocycles. The van der Waals surface area contributed by atoms with Crippen molar-refractivity contribution >= 4 is 51.2 Å². The van der Waals surface area contributed by atoms with Crippen molar-refractivity contribution in [2.75, 3.05) is 23.7 Å². The van der Waals surface area contributed by atoms with Crippen molar-refractivity contribution in [2.45, 2.75) is 46.6 Å². The van der Waals surface area contributed by atoms with Crippen LogP contribution in [0.4, 0.5) is 11.4 Å². The third-order valence-electron chi connectivity index (χ3n) is 6.44. The van der Waals surface area contributed by atoms with Crippen LogP contribution in [0.1, 0.15) is 49.5 Å². The largest absolute Gasteiger partial charge is 0.342 e. The van der Waals surface area contributed by atoms with Crippen LogP contribution in [0.5, 0.6) is 0 Å². The summed E-state index contributed by atoms with van der Waals surface area (Å²) in [5.74, 6) is 0.375. The molecule has 7 nitrogen and oxygen atoms in total. The molecule has 39 heavy (non-hydrogen) atoms. The van der Waals surface area contributed by atoms with E-state index in [9.17, 15) is 14.4 Å². The Morgan fingerprint density at radius 3 is 2.26 bits per heavy atom. The summed E-state index contributed by atoms with van der Waals surface area (Å²) >= 11 is 6.36. The molecule has 4 N–H and O–H groups in total. The van der Waals surface area contributed by atoms with Crippen molar-refractivity contribution < 1.29 is 14.4 Å². The number of halogens is 1. The first-order valence-corrected chi connectivity index (χ1v) is 13.4. The molecular formula is C31H37ClN4O3. The number of benzene rings is 3. The number of ketones is 2. The van der Waals surface area contributed by atoms with E-state index in [-0.39, 0.29) is 23.4 Å². The van der Waals surface area contributed by atoms with Gasteiger partial charge in [0.15, 0.2) is 5.78 Å². The minimum Gasteiger partial charge on any atom is -0.342 e. The predicted octanol–water partition coefficient (Wildman–Crippen LogP) is 6.08. The highest BCUT2D eigenvalue weighted by atomic mass is 35.5. The highest BCUT2D eigenvalue weighted by Gasteiger charge is 2.29. The Morgan fingerprint density at radius 1 is 1.00 bits per heavy atom. The van der Waals surface area contributed by atoms with E-state index >= 15 is 0 Å². The van der Waals surface area contributed by atoms with E-state index in [1.54, 1.807) is 6.07 Å². The lowest BCUT2D eigenvalue weighted by molar-refractivity contribution is -0.120. The number of anilines is 2. The van der Waals surface area contributed by atoms with Crippen molar-refractivity contribution in [3.63, 3.8) is 0 Å². The van der Waals surface area contributed by atoms with Gasteiger partial charge in [0.2, 0.25) is 0 Å². The van der Waals surface area contributed by atoms with E-state index in [0.717, 1.165) is 41.4 Å². The quantitative estimate of drug-likeness (QED) is 0.272. The summed E-state index contributed by atoms with van der Waals surface area (Å²) in [6.07, 6.45) is 1.89. The lowest BCUT2D eigenvalue weighted by Crippen LogP contribution is -2.50. The maximum absolute atomic E-state index is 13.5. The first-order valence-electron chi connectivity index (χ1n) is 13.1.